The second-order valence-electron chi connectivity index (χ2n) is 10.5. The van der Waals surface area contributed by atoms with E-state index in [-0.39, 0.29) is 25.1 Å². The van der Waals surface area contributed by atoms with Crippen molar-refractivity contribution >= 4 is 22.9 Å². The van der Waals surface area contributed by atoms with Crippen molar-refractivity contribution in [2.75, 3.05) is 33.4 Å². The van der Waals surface area contributed by atoms with E-state index in [0.29, 0.717) is 25.3 Å². The third-order valence-corrected chi connectivity index (χ3v) is 6.46. The number of carbonyl (C=O) groups is 2. The minimum Gasteiger partial charge on any atom is -0.444 e. The van der Waals surface area contributed by atoms with E-state index < -0.39 is 17.8 Å². The van der Waals surface area contributed by atoms with Crippen LogP contribution >= 0.6 is 0 Å². The minimum atomic E-state index is -0.739. The van der Waals surface area contributed by atoms with Crippen LogP contribution in [0.2, 0.25) is 0 Å². The molecule has 0 N–H and O–H groups in total. The van der Waals surface area contributed by atoms with Crippen molar-refractivity contribution in [3.8, 4) is 6.07 Å². The summed E-state index contributed by atoms with van der Waals surface area (Å²) in [5.74, 6) is -0.125. The first-order valence-electron chi connectivity index (χ1n) is 12.6. The molecule has 1 saturated carbocycles. The van der Waals surface area contributed by atoms with Gasteiger partial charge in [0.1, 0.15) is 5.60 Å². The molecule has 1 aromatic carbocycles. The Morgan fingerprint density at radius 2 is 2.06 bits per heavy atom. The van der Waals surface area contributed by atoms with Gasteiger partial charge in [-0.05, 0) is 57.7 Å². The number of carbonyl (C=O) groups excluding carboxylic acids is 2. The van der Waals surface area contributed by atoms with E-state index in [4.69, 9.17) is 14.2 Å². The Hall–Kier alpha value is -3.09. The normalized spacial score (nSPS) is 18.2. The van der Waals surface area contributed by atoms with E-state index in [1.165, 1.54) is 0 Å². The average Bonchev–Trinajstić information content (AvgIpc) is 3.63. The van der Waals surface area contributed by atoms with Crippen LogP contribution in [0.3, 0.4) is 0 Å². The molecule has 9 heteroatoms. The zero-order valence-electron chi connectivity index (χ0n) is 21.7. The molecule has 4 rings (SSSR count). The van der Waals surface area contributed by atoms with Gasteiger partial charge in [-0.3, -0.25) is 4.79 Å². The van der Waals surface area contributed by atoms with E-state index in [2.05, 4.69) is 16.8 Å². The predicted octanol–water partition coefficient (Wildman–Crippen LogP) is 3.68. The number of ether oxygens (including phenoxy) is 3. The molecule has 194 valence electrons. The van der Waals surface area contributed by atoms with Gasteiger partial charge in [0, 0.05) is 56.5 Å². The highest BCUT2D eigenvalue weighted by molar-refractivity contribution is 5.90. The van der Waals surface area contributed by atoms with E-state index in [1.807, 2.05) is 43.9 Å². The second-order valence-corrected chi connectivity index (χ2v) is 10.5. The molecular weight excluding hydrogens is 460 g/mol. The van der Waals surface area contributed by atoms with E-state index in [1.54, 1.807) is 12.0 Å². The van der Waals surface area contributed by atoms with Crippen molar-refractivity contribution in [3.63, 3.8) is 0 Å². The highest BCUT2D eigenvalue weighted by atomic mass is 16.6. The number of morpholine rings is 1. The first kappa shape index (κ1) is 26.0. The number of fused-ring (bicyclic) bond motifs is 1. The number of aromatic nitrogens is 1. The maximum absolute atomic E-state index is 13.7. The summed E-state index contributed by atoms with van der Waals surface area (Å²) in [6, 6.07) is 8.17. The molecule has 36 heavy (non-hydrogen) atoms. The van der Waals surface area contributed by atoms with Gasteiger partial charge in [0.05, 0.1) is 24.8 Å². The summed E-state index contributed by atoms with van der Waals surface area (Å²) >= 11 is 0. The van der Waals surface area contributed by atoms with Crippen molar-refractivity contribution in [2.24, 2.45) is 0 Å². The molecular formula is C27H36N4O5. The first-order valence-corrected chi connectivity index (χ1v) is 12.6. The van der Waals surface area contributed by atoms with Crippen LogP contribution in [-0.4, -0.2) is 77.5 Å². The van der Waals surface area contributed by atoms with Gasteiger partial charge in [-0.2, -0.15) is 5.26 Å². The lowest BCUT2D eigenvalue weighted by molar-refractivity contribution is -0.150. The lowest BCUT2D eigenvalue weighted by Crippen LogP contribution is -2.53. The van der Waals surface area contributed by atoms with Gasteiger partial charge in [-0.25, -0.2) is 4.79 Å². The number of aryl methyl sites for hydroxylation is 1. The fraction of sp³-hybridized carbons (Fsp3) is 0.593. The summed E-state index contributed by atoms with van der Waals surface area (Å²) < 4.78 is 18.7. The summed E-state index contributed by atoms with van der Waals surface area (Å²) in [5.41, 5.74) is 1.92. The van der Waals surface area contributed by atoms with Crippen LogP contribution in [0.25, 0.3) is 10.9 Å². The van der Waals surface area contributed by atoms with Crippen LogP contribution in [0, 0.1) is 11.3 Å². The Kier molecular flexibility index (Phi) is 7.86. The Bertz CT molecular complexity index is 1140. The van der Waals surface area contributed by atoms with E-state index >= 15 is 0 Å². The van der Waals surface area contributed by atoms with Crippen molar-refractivity contribution in [1.29, 1.82) is 5.26 Å². The molecule has 2 aliphatic rings. The van der Waals surface area contributed by atoms with Gasteiger partial charge < -0.3 is 28.6 Å². The van der Waals surface area contributed by atoms with Gasteiger partial charge in [0.15, 0.2) is 6.10 Å². The van der Waals surface area contributed by atoms with Crippen molar-refractivity contribution in [3.05, 3.63) is 35.5 Å². The Balaban J connectivity index is 1.56. The molecule has 2 fully saturated rings. The van der Waals surface area contributed by atoms with E-state index in [0.717, 1.165) is 42.3 Å². The Morgan fingerprint density at radius 3 is 2.72 bits per heavy atom. The smallest absolute Gasteiger partial charge is 0.410 e. The molecule has 2 aromatic rings. The third kappa shape index (κ3) is 6.00. The standard InChI is InChI=1S/C27H36N4O5/c1-27(2,3)36-26(33)30-12-14-35-23(18-30)25(32)31(21-9-10-21)17-20-16-29(11-6-13-34-4)22-8-5-7-19(15-28)24(20)22/h5,7-8,16,21,23H,6,9-14,17-18H2,1-4H3/t23-/m1/s1. The maximum atomic E-state index is 13.7. The molecule has 0 unspecified atom stereocenters. The summed E-state index contributed by atoms with van der Waals surface area (Å²) in [5, 5.41) is 10.7. The van der Waals surface area contributed by atoms with Crippen LogP contribution in [0.15, 0.2) is 24.4 Å². The molecule has 9 nitrogen and oxygen atoms in total. The monoisotopic (exact) mass is 496 g/mol. The van der Waals surface area contributed by atoms with Gasteiger partial charge in [0.2, 0.25) is 0 Å². The number of benzene rings is 1. The molecule has 1 atom stereocenters. The molecule has 2 amide bonds. The molecule has 1 aliphatic heterocycles. The third-order valence-electron chi connectivity index (χ3n) is 6.46. The zero-order valence-corrected chi connectivity index (χ0v) is 21.7. The van der Waals surface area contributed by atoms with Crippen LogP contribution < -0.4 is 0 Å². The van der Waals surface area contributed by atoms with Crippen molar-refractivity contribution < 1.29 is 23.8 Å². The van der Waals surface area contributed by atoms with Crippen LogP contribution in [0.5, 0.6) is 0 Å². The molecule has 0 spiro atoms. The molecule has 0 bridgehead atoms. The zero-order chi connectivity index (χ0) is 25.9. The summed E-state index contributed by atoms with van der Waals surface area (Å²) in [6.07, 6.45) is 3.60. The number of hydrogen-bond acceptors (Lipinski definition) is 6. The van der Waals surface area contributed by atoms with Gasteiger partial charge in [-0.1, -0.05) is 6.07 Å². The molecule has 1 aliphatic carbocycles. The topological polar surface area (TPSA) is 97.0 Å². The first-order chi connectivity index (χ1) is 17.2. The summed E-state index contributed by atoms with van der Waals surface area (Å²) in [7, 11) is 1.68. The lowest BCUT2D eigenvalue weighted by Gasteiger charge is -2.35. The van der Waals surface area contributed by atoms with Crippen LogP contribution in [-0.2, 0) is 32.1 Å². The molecule has 1 aromatic heterocycles. The quantitative estimate of drug-likeness (QED) is 0.517. The fourth-order valence-electron chi connectivity index (χ4n) is 4.65. The number of rotatable bonds is 8. The SMILES string of the molecule is COCCCn1cc(CN(C(=O)[C@H]2CN(C(=O)OC(C)(C)C)CCO2)C2CC2)c2c(C#N)cccc21. The predicted molar refractivity (Wildman–Crippen MR) is 134 cm³/mol. The maximum Gasteiger partial charge on any atom is 0.410 e. The number of methoxy groups -OCH3 is 1. The van der Waals surface area contributed by atoms with Crippen molar-refractivity contribution in [1.82, 2.24) is 14.4 Å². The molecule has 1 saturated heterocycles. The highest BCUT2D eigenvalue weighted by Crippen LogP contribution is 2.33. The second kappa shape index (κ2) is 10.9. The van der Waals surface area contributed by atoms with E-state index in [9.17, 15) is 14.9 Å². The van der Waals surface area contributed by atoms with Crippen LogP contribution in [0.1, 0.15) is 51.2 Å². The molecule has 2 heterocycles. The largest absolute Gasteiger partial charge is 0.444 e. The fourth-order valence-corrected chi connectivity index (χ4v) is 4.65. The number of nitriles is 1. The summed E-state index contributed by atoms with van der Waals surface area (Å²) in [4.78, 5) is 29.7. The number of hydrogen-bond donors (Lipinski definition) is 0. The van der Waals surface area contributed by atoms with Gasteiger partial charge in [0.25, 0.3) is 5.91 Å². The number of amides is 2. The summed E-state index contributed by atoms with van der Waals surface area (Å²) in [6.45, 7) is 8.10. The lowest BCUT2D eigenvalue weighted by atomic mass is 10.1. The molecule has 0 radical (unpaired) electrons. The number of nitrogens with zero attached hydrogens (tertiary/aromatic N) is 4. The Morgan fingerprint density at radius 1 is 1.28 bits per heavy atom. The van der Waals surface area contributed by atoms with Crippen LogP contribution in [0.4, 0.5) is 4.79 Å². The Labute approximate surface area is 212 Å². The minimum absolute atomic E-state index is 0.125. The highest BCUT2D eigenvalue weighted by Gasteiger charge is 2.40. The van der Waals surface area contributed by atoms with Gasteiger partial charge >= 0.3 is 6.09 Å². The van der Waals surface area contributed by atoms with Crippen molar-refractivity contribution in [2.45, 2.75) is 70.9 Å². The van der Waals surface area contributed by atoms with Gasteiger partial charge in [-0.15, -0.1) is 0 Å². The average molecular weight is 497 g/mol.